The van der Waals surface area contributed by atoms with Gasteiger partial charge in [-0.2, -0.15) is 0 Å². The van der Waals surface area contributed by atoms with Gasteiger partial charge in [0.15, 0.2) is 0 Å². The minimum Gasteiger partial charge on any atom is -0.489 e. The van der Waals surface area contributed by atoms with E-state index in [1.165, 1.54) is 28.8 Å². The van der Waals surface area contributed by atoms with Crippen molar-refractivity contribution in [1.82, 2.24) is 9.62 Å². The Morgan fingerprint density at radius 3 is 2.45 bits per heavy atom. The molecule has 8 heteroatoms. The third-order valence-corrected chi connectivity index (χ3v) is 6.64. The summed E-state index contributed by atoms with van der Waals surface area (Å²) in [5.74, 6) is -1.07. The lowest BCUT2D eigenvalue weighted by Gasteiger charge is -2.33. The normalized spacial score (nSPS) is 19.3. The Hall–Kier alpha value is -2.45. The molecule has 1 amide bonds. The number of nitrogens with zero attached hydrogens (tertiary/aromatic N) is 1. The summed E-state index contributed by atoms with van der Waals surface area (Å²) in [6, 6.07) is 9.28. The van der Waals surface area contributed by atoms with Crippen LogP contribution in [0.25, 0.3) is 0 Å². The SMILES string of the molecule is Cc1cc(C)cc(CN2CCCC(Oc3cc(F)c(C(=O)NS(C)(=O)=O)cc3C3CC3)C2)c1. The van der Waals surface area contributed by atoms with Gasteiger partial charge >= 0.3 is 0 Å². The van der Waals surface area contributed by atoms with Crippen molar-refractivity contribution >= 4 is 15.9 Å². The summed E-state index contributed by atoms with van der Waals surface area (Å²) in [6.45, 7) is 6.78. The maximum absolute atomic E-state index is 14.8. The molecule has 1 atom stereocenters. The van der Waals surface area contributed by atoms with Gasteiger partial charge in [0.25, 0.3) is 5.91 Å². The Morgan fingerprint density at radius 1 is 1.12 bits per heavy atom. The number of benzene rings is 2. The van der Waals surface area contributed by atoms with E-state index in [2.05, 4.69) is 36.9 Å². The number of hydrogen-bond acceptors (Lipinski definition) is 5. The standard InChI is InChI=1S/C25H31FN2O4S/c1-16-9-17(2)11-18(10-16)14-28-8-4-5-20(15-28)32-24-13-23(26)22(12-21(24)19-6-7-19)25(29)27-33(3,30)31/h9-13,19-20H,4-8,14-15H2,1-3H3,(H,27,29). The lowest BCUT2D eigenvalue weighted by Crippen LogP contribution is -2.40. The Balaban J connectivity index is 1.49. The van der Waals surface area contributed by atoms with Crippen molar-refractivity contribution in [2.45, 2.75) is 58.1 Å². The molecule has 2 aliphatic rings. The molecule has 0 aromatic heterocycles. The third kappa shape index (κ3) is 6.32. The van der Waals surface area contributed by atoms with Crippen LogP contribution >= 0.6 is 0 Å². The van der Waals surface area contributed by atoms with Gasteiger partial charge in [-0.1, -0.05) is 29.3 Å². The topological polar surface area (TPSA) is 75.7 Å². The zero-order chi connectivity index (χ0) is 23.8. The van der Waals surface area contributed by atoms with E-state index in [9.17, 15) is 17.6 Å². The van der Waals surface area contributed by atoms with Crippen LogP contribution in [-0.4, -0.2) is 44.7 Å². The molecule has 33 heavy (non-hydrogen) atoms. The molecule has 4 rings (SSSR count). The Morgan fingerprint density at radius 2 is 1.82 bits per heavy atom. The Bertz CT molecular complexity index is 1140. The van der Waals surface area contributed by atoms with E-state index in [0.717, 1.165) is 57.1 Å². The predicted octanol–water partition coefficient (Wildman–Crippen LogP) is 4.05. The largest absolute Gasteiger partial charge is 0.489 e. The number of halogens is 1. The molecule has 1 saturated heterocycles. The molecule has 0 spiro atoms. The fourth-order valence-electron chi connectivity index (χ4n) is 4.64. The van der Waals surface area contributed by atoms with Crippen molar-refractivity contribution < 1.29 is 22.3 Å². The van der Waals surface area contributed by atoms with E-state index in [-0.39, 0.29) is 17.6 Å². The lowest BCUT2D eigenvalue weighted by molar-refractivity contribution is 0.0832. The van der Waals surface area contributed by atoms with Gasteiger partial charge in [-0.3, -0.25) is 9.69 Å². The smallest absolute Gasteiger partial charge is 0.267 e. The molecule has 0 radical (unpaired) electrons. The minimum atomic E-state index is -3.78. The second-order valence-electron chi connectivity index (χ2n) is 9.46. The summed E-state index contributed by atoms with van der Waals surface area (Å²) in [6.07, 6.45) is 4.56. The number of piperidine rings is 1. The second kappa shape index (κ2) is 9.43. The maximum Gasteiger partial charge on any atom is 0.267 e. The molecule has 1 aliphatic carbocycles. The van der Waals surface area contributed by atoms with Crippen LogP contribution in [0.2, 0.25) is 0 Å². The summed E-state index contributed by atoms with van der Waals surface area (Å²) < 4.78 is 45.7. The highest BCUT2D eigenvalue weighted by atomic mass is 32.2. The molecule has 1 aliphatic heterocycles. The molecule has 178 valence electrons. The number of rotatable bonds is 7. The van der Waals surface area contributed by atoms with Gasteiger partial charge in [0.1, 0.15) is 17.7 Å². The van der Waals surface area contributed by atoms with Crippen LogP contribution in [-0.2, 0) is 16.6 Å². The summed E-state index contributed by atoms with van der Waals surface area (Å²) in [5, 5.41) is 0. The first-order valence-corrected chi connectivity index (χ1v) is 13.3. The molecule has 1 unspecified atom stereocenters. The van der Waals surface area contributed by atoms with E-state index >= 15 is 0 Å². The van der Waals surface area contributed by atoms with Crippen molar-refractivity contribution in [2.75, 3.05) is 19.3 Å². The first kappa shape index (κ1) is 23.7. The number of carbonyl (C=O) groups excluding carboxylic acids is 1. The molecule has 2 fully saturated rings. The monoisotopic (exact) mass is 474 g/mol. The van der Waals surface area contributed by atoms with Crippen molar-refractivity contribution in [2.24, 2.45) is 0 Å². The van der Waals surface area contributed by atoms with Crippen LogP contribution in [0.15, 0.2) is 30.3 Å². The Kier molecular flexibility index (Phi) is 6.77. The number of hydrogen-bond donors (Lipinski definition) is 1. The van der Waals surface area contributed by atoms with Crippen molar-refractivity contribution in [3.8, 4) is 5.75 Å². The average molecular weight is 475 g/mol. The number of carbonyl (C=O) groups is 1. The number of nitrogens with one attached hydrogen (secondary N) is 1. The van der Waals surface area contributed by atoms with Gasteiger partial charge in [0.2, 0.25) is 10.0 Å². The van der Waals surface area contributed by atoms with E-state index in [4.69, 9.17) is 4.74 Å². The number of amides is 1. The summed E-state index contributed by atoms with van der Waals surface area (Å²) in [5.41, 5.74) is 4.29. The van der Waals surface area contributed by atoms with E-state index in [1.807, 2.05) is 4.72 Å². The number of aryl methyl sites for hydroxylation is 2. The van der Waals surface area contributed by atoms with Gasteiger partial charge in [0.05, 0.1) is 11.8 Å². The molecular weight excluding hydrogens is 443 g/mol. The van der Waals surface area contributed by atoms with Crippen LogP contribution in [0.4, 0.5) is 4.39 Å². The maximum atomic E-state index is 14.8. The van der Waals surface area contributed by atoms with Crippen LogP contribution in [0.3, 0.4) is 0 Å². The predicted molar refractivity (Wildman–Crippen MR) is 126 cm³/mol. The zero-order valence-corrected chi connectivity index (χ0v) is 20.2. The molecule has 1 saturated carbocycles. The molecule has 6 nitrogen and oxygen atoms in total. The van der Waals surface area contributed by atoms with Gasteiger partial charge < -0.3 is 4.74 Å². The molecule has 2 aromatic carbocycles. The van der Waals surface area contributed by atoms with Gasteiger partial charge in [-0.05, 0) is 69.2 Å². The zero-order valence-electron chi connectivity index (χ0n) is 19.4. The van der Waals surface area contributed by atoms with Crippen LogP contribution in [0.5, 0.6) is 5.75 Å². The van der Waals surface area contributed by atoms with E-state index in [1.54, 1.807) is 0 Å². The molecule has 0 bridgehead atoms. The average Bonchev–Trinajstić information content (AvgIpc) is 3.51. The van der Waals surface area contributed by atoms with Gasteiger partial charge in [-0.15, -0.1) is 0 Å². The van der Waals surface area contributed by atoms with Gasteiger partial charge in [0, 0.05) is 19.2 Å². The number of sulfonamides is 1. The van der Waals surface area contributed by atoms with Crippen molar-refractivity contribution in [3.63, 3.8) is 0 Å². The molecule has 1 heterocycles. The highest BCUT2D eigenvalue weighted by Crippen LogP contribution is 2.45. The lowest BCUT2D eigenvalue weighted by atomic mass is 10.0. The summed E-state index contributed by atoms with van der Waals surface area (Å²) >= 11 is 0. The number of likely N-dealkylation sites (tertiary alicyclic amines) is 1. The van der Waals surface area contributed by atoms with Crippen molar-refractivity contribution in [3.05, 3.63) is 64.0 Å². The summed E-state index contributed by atoms with van der Waals surface area (Å²) in [4.78, 5) is 14.6. The van der Waals surface area contributed by atoms with Crippen LogP contribution in [0.1, 0.15) is 64.2 Å². The first-order chi connectivity index (χ1) is 15.6. The molecular formula is C25H31FN2O4S. The van der Waals surface area contributed by atoms with Crippen LogP contribution in [0, 0.1) is 19.7 Å². The fourth-order valence-corrected chi connectivity index (χ4v) is 5.08. The quantitative estimate of drug-likeness (QED) is 0.655. The summed E-state index contributed by atoms with van der Waals surface area (Å²) in [7, 11) is -3.78. The third-order valence-electron chi connectivity index (χ3n) is 6.08. The van der Waals surface area contributed by atoms with E-state index in [0.29, 0.717) is 5.75 Å². The fraction of sp³-hybridized carbons (Fsp3) is 0.480. The second-order valence-corrected chi connectivity index (χ2v) is 11.2. The van der Waals surface area contributed by atoms with E-state index < -0.39 is 21.7 Å². The number of ether oxygens (including phenoxy) is 1. The van der Waals surface area contributed by atoms with Gasteiger partial charge in [-0.25, -0.2) is 17.5 Å². The van der Waals surface area contributed by atoms with Crippen molar-refractivity contribution in [1.29, 1.82) is 0 Å². The van der Waals surface area contributed by atoms with Crippen LogP contribution < -0.4 is 9.46 Å². The minimum absolute atomic E-state index is 0.0720. The Labute approximate surface area is 195 Å². The molecule has 1 N–H and O–H groups in total. The highest BCUT2D eigenvalue weighted by Gasteiger charge is 2.31. The molecule has 2 aromatic rings. The highest BCUT2D eigenvalue weighted by molar-refractivity contribution is 7.89. The first-order valence-electron chi connectivity index (χ1n) is 11.4.